The molecule has 1 aromatic heterocycles. The summed E-state index contributed by atoms with van der Waals surface area (Å²) in [5.74, 6) is 7.86. The molecule has 8 nitrogen and oxygen atoms in total. The molecule has 36 heavy (non-hydrogen) atoms. The topological polar surface area (TPSA) is 84.4 Å². The number of rotatable bonds is 7. The highest BCUT2D eigenvalue weighted by Crippen LogP contribution is 2.33. The Bertz CT molecular complexity index is 1140. The van der Waals surface area contributed by atoms with E-state index < -0.39 is 0 Å². The van der Waals surface area contributed by atoms with Crippen LogP contribution in [0.5, 0.6) is 17.4 Å². The molecule has 0 bridgehead atoms. The molecule has 4 rings (SSSR count). The summed E-state index contributed by atoms with van der Waals surface area (Å²) < 4.78 is 17.3. The number of carbonyl (C=O) groups is 1. The van der Waals surface area contributed by atoms with Gasteiger partial charge in [0.25, 0.3) is 5.91 Å². The fourth-order valence-corrected chi connectivity index (χ4v) is 4.40. The summed E-state index contributed by atoms with van der Waals surface area (Å²) in [6.45, 7) is 7.92. The number of fused-ring (bicyclic) bond motifs is 2. The third kappa shape index (κ3) is 5.92. The first-order valence-electron chi connectivity index (χ1n) is 12.5. The number of ether oxygens (including phenoxy) is 3. The second-order valence-corrected chi connectivity index (χ2v) is 9.64. The zero-order valence-corrected chi connectivity index (χ0v) is 21.5. The number of amides is 1. The Labute approximate surface area is 213 Å². The maximum atomic E-state index is 13.5. The van der Waals surface area contributed by atoms with Crippen LogP contribution >= 0.6 is 0 Å². The van der Waals surface area contributed by atoms with E-state index in [2.05, 4.69) is 35.6 Å². The number of pyridine rings is 1. The molecule has 3 atom stereocenters. The highest BCUT2D eigenvalue weighted by molar-refractivity contribution is 5.97. The Morgan fingerprint density at radius 3 is 2.86 bits per heavy atom. The number of nitrogens with zero attached hydrogens (tertiary/aromatic N) is 3. The van der Waals surface area contributed by atoms with Crippen LogP contribution in [0, 0.1) is 17.8 Å². The molecule has 0 fully saturated rings. The average Bonchev–Trinajstić information content (AvgIpc) is 3.34. The standard InChI is InChI=1S/C28H35N3O5/c1-5-6-7-8-21-11-23-27(29-13-21)36-26(19(2)14-31(28(23)33)20(3)17-32)16-30(4)15-22-9-10-24-25(12-22)35-18-34-24/h9-13,19-20,26,32H,5-6,14-18H2,1-4H3/t19-,20+,26+/m0/s1. The van der Waals surface area contributed by atoms with Gasteiger partial charge in [0.2, 0.25) is 12.7 Å². The Balaban J connectivity index is 1.57. The van der Waals surface area contributed by atoms with Crippen molar-refractivity contribution in [2.75, 3.05) is 33.5 Å². The predicted molar refractivity (Wildman–Crippen MR) is 136 cm³/mol. The molecule has 0 saturated heterocycles. The number of unbranched alkanes of at least 4 members (excludes halogenated alkanes) is 1. The number of carbonyl (C=O) groups excluding carboxylic acids is 1. The van der Waals surface area contributed by atoms with Crippen molar-refractivity contribution in [3.8, 4) is 29.2 Å². The number of hydrogen-bond acceptors (Lipinski definition) is 7. The van der Waals surface area contributed by atoms with Gasteiger partial charge in [0, 0.05) is 43.7 Å². The summed E-state index contributed by atoms with van der Waals surface area (Å²) in [5.41, 5.74) is 2.18. The smallest absolute Gasteiger partial charge is 0.259 e. The quantitative estimate of drug-likeness (QED) is 0.593. The zero-order chi connectivity index (χ0) is 25.7. The van der Waals surface area contributed by atoms with E-state index in [-0.39, 0.29) is 37.4 Å². The fourth-order valence-electron chi connectivity index (χ4n) is 4.40. The fraction of sp³-hybridized carbons (Fsp3) is 0.500. The molecule has 2 aliphatic rings. The number of benzene rings is 1. The van der Waals surface area contributed by atoms with E-state index in [1.807, 2.05) is 32.2 Å². The lowest BCUT2D eigenvalue weighted by molar-refractivity contribution is 0.0325. The number of likely N-dealkylation sites (N-methyl/N-ethyl adjacent to an activating group) is 1. The molecule has 1 N–H and O–H groups in total. The molecule has 8 heteroatoms. The summed E-state index contributed by atoms with van der Waals surface area (Å²) in [6.07, 6.45) is 3.20. The van der Waals surface area contributed by atoms with Gasteiger partial charge in [-0.15, -0.1) is 0 Å². The van der Waals surface area contributed by atoms with Gasteiger partial charge in [0.15, 0.2) is 11.5 Å². The second-order valence-electron chi connectivity index (χ2n) is 9.64. The molecule has 192 valence electrons. The van der Waals surface area contributed by atoms with Crippen LogP contribution in [0.4, 0.5) is 0 Å². The molecular formula is C28H35N3O5. The first-order chi connectivity index (χ1) is 17.4. The van der Waals surface area contributed by atoms with E-state index in [0.29, 0.717) is 36.6 Å². The SMILES string of the molecule is CCCC#Cc1cnc2c(c1)C(=O)N([C@H](C)CO)C[C@H](C)[C@@H](CN(C)Cc1ccc3c(c1)OCO3)O2. The Hall–Kier alpha value is -3.28. The Morgan fingerprint density at radius 1 is 1.28 bits per heavy atom. The van der Waals surface area contributed by atoms with Crippen LogP contribution in [-0.2, 0) is 6.54 Å². The van der Waals surface area contributed by atoms with Gasteiger partial charge in [-0.1, -0.05) is 31.8 Å². The molecule has 2 aliphatic heterocycles. The van der Waals surface area contributed by atoms with Crippen molar-refractivity contribution in [3.63, 3.8) is 0 Å². The van der Waals surface area contributed by atoms with Crippen LogP contribution in [0.2, 0.25) is 0 Å². The predicted octanol–water partition coefficient (Wildman–Crippen LogP) is 3.31. The average molecular weight is 494 g/mol. The first kappa shape index (κ1) is 25.8. The van der Waals surface area contributed by atoms with Crippen molar-refractivity contribution in [1.82, 2.24) is 14.8 Å². The maximum Gasteiger partial charge on any atom is 0.259 e. The van der Waals surface area contributed by atoms with Crippen molar-refractivity contribution in [2.45, 2.75) is 52.3 Å². The molecule has 0 unspecified atom stereocenters. The minimum absolute atomic E-state index is 0.0149. The van der Waals surface area contributed by atoms with E-state index in [1.54, 1.807) is 17.2 Å². The zero-order valence-electron chi connectivity index (χ0n) is 21.5. The highest BCUT2D eigenvalue weighted by Gasteiger charge is 2.34. The van der Waals surface area contributed by atoms with E-state index in [0.717, 1.165) is 29.9 Å². The van der Waals surface area contributed by atoms with Crippen LogP contribution in [-0.4, -0.2) is 71.5 Å². The molecule has 1 amide bonds. The van der Waals surface area contributed by atoms with Crippen LogP contribution in [0.25, 0.3) is 0 Å². The highest BCUT2D eigenvalue weighted by atomic mass is 16.7. The Morgan fingerprint density at radius 2 is 2.08 bits per heavy atom. The van der Waals surface area contributed by atoms with Gasteiger partial charge in [0.05, 0.1) is 12.6 Å². The number of aromatic nitrogens is 1. The van der Waals surface area contributed by atoms with E-state index in [9.17, 15) is 9.90 Å². The third-order valence-electron chi connectivity index (χ3n) is 6.51. The van der Waals surface area contributed by atoms with E-state index in [1.165, 1.54) is 0 Å². The number of hydrogen-bond donors (Lipinski definition) is 1. The molecule has 0 aliphatic carbocycles. The molecule has 3 heterocycles. The first-order valence-corrected chi connectivity index (χ1v) is 12.5. The second kappa shape index (κ2) is 11.6. The van der Waals surface area contributed by atoms with Crippen molar-refractivity contribution in [3.05, 3.63) is 47.2 Å². The van der Waals surface area contributed by atoms with Crippen LogP contribution in [0.1, 0.15) is 55.1 Å². The molecule has 1 aromatic carbocycles. The van der Waals surface area contributed by atoms with E-state index in [4.69, 9.17) is 14.2 Å². The van der Waals surface area contributed by atoms with Gasteiger partial charge >= 0.3 is 0 Å². The van der Waals surface area contributed by atoms with Crippen molar-refractivity contribution < 1.29 is 24.1 Å². The summed E-state index contributed by atoms with van der Waals surface area (Å²) in [4.78, 5) is 21.9. The van der Waals surface area contributed by atoms with Gasteiger partial charge in [-0.2, -0.15) is 0 Å². The molecule has 2 aromatic rings. The summed E-state index contributed by atoms with van der Waals surface area (Å²) in [5, 5.41) is 9.85. The molecular weight excluding hydrogens is 458 g/mol. The largest absolute Gasteiger partial charge is 0.472 e. The van der Waals surface area contributed by atoms with Crippen molar-refractivity contribution in [2.24, 2.45) is 5.92 Å². The summed E-state index contributed by atoms with van der Waals surface area (Å²) >= 11 is 0. The van der Waals surface area contributed by atoms with Crippen LogP contribution in [0.15, 0.2) is 30.5 Å². The van der Waals surface area contributed by atoms with Crippen LogP contribution in [0.3, 0.4) is 0 Å². The molecule has 0 radical (unpaired) electrons. The monoisotopic (exact) mass is 493 g/mol. The van der Waals surface area contributed by atoms with Crippen molar-refractivity contribution in [1.29, 1.82) is 0 Å². The number of aliphatic hydroxyl groups is 1. The third-order valence-corrected chi connectivity index (χ3v) is 6.51. The van der Waals surface area contributed by atoms with Crippen LogP contribution < -0.4 is 14.2 Å². The van der Waals surface area contributed by atoms with Crippen molar-refractivity contribution >= 4 is 5.91 Å². The lowest BCUT2D eigenvalue weighted by Gasteiger charge is -2.37. The molecule has 0 spiro atoms. The van der Waals surface area contributed by atoms with Gasteiger partial charge in [-0.05, 0) is 44.2 Å². The van der Waals surface area contributed by atoms with Gasteiger partial charge in [0.1, 0.15) is 11.7 Å². The van der Waals surface area contributed by atoms with Gasteiger partial charge in [-0.3, -0.25) is 9.69 Å². The summed E-state index contributed by atoms with van der Waals surface area (Å²) in [7, 11) is 2.04. The minimum Gasteiger partial charge on any atom is -0.472 e. The Kier molecular flexibility index (Phi) is 8.34. The number of aliphatic hydroxyl groups excluding tert-OH is 1. The lowest BCUT2D eigenvalue weighted by atomic mass is 9.99. The van der Waals surface area contributed by atoms with E-state index >= 15 is 0 Å². The minimum atomic E-state index is -0.326. The normalized spacial score (nSPS) is 19.6. The molecule has 0 saturated carbocycles. The summed E-state index contributed by atoms with van der Waals surface area (Å²) in [6, 6.07) is 7.40. The van der Waals surface area contributed by atoms with Gasteiger partial charge in [-0.25, -0.2) is 4.98 Å². The maximum absolute atomic E-state index is 13.5. The van der Waals surface area contributed by atoms with Gasteiger partial charge < -0.3 is 24.2 Å². The lowest BCUT2D eigenvalue weighted by Crippen LogP contribution is -2.49.